The molecule has 76 valence electrons. The van der Waals surface area contributed by atoms with Gasteiger partial charge in [-0.15, -0.1) is 0 Å². The third kappa shape index (κ3) is 1.59. The molecule has 0 saturated heterocycles. The van der Waals surface area contributed by atoms with Crippen molar-refractivity contribution in [3.63, 3.8) is 0 Å². The fourth-order valence-corrected chi connectivity index (χ4v) is 1.31. The first-order chi connectivity index (χ1) is 7.08. The molecule has 1 aromatic heterocycles. The molecule has 5 nitrogen and oxygen atoms in total. The van der Waals surface area contributed by atoms with E-state index in [0.717, 1.165) is 0 Å². The number of fused-ring (bicyclic) bond motifs is 1. The van der Waals surface area contributed by atoms with Gasteiger partial charge in [0.15, 0.2) is 5.89 Å². The van der Waals surface area contributed by atoms with Crippen LogP contribution in [0.1, 0.15) is 16.2 Å². The van der Waals surface area contributed by atoms with Crippen LogP contribution in [0.2, 0.25) is 0 Å². The Balaban J connectivity index is 2.82. The average molecular weight is 205 g/mol. The Morgan fingerprint density at radius 3 is 2.87 bits per heavy atom. The number of carbonyl (C=O) groups is 1. The zero-order valence-electron chi connectivity index (χ0n) is 7.85. The van der Waals surface area contributed by atoms with Crippen molar-refractivity contribution in [2.24, 2.45) is 0 Å². The van der Waals surface area contributed by atoms with Crippen LogP contribution in [-0.4, -0.2) is 16.1 Å². The van der Waals surface area contributed by atoms with Crippen molar-refractivity contribution >= 4 is 16.9 Å². The second-order valence-corrected chi connectivity index (χ2v) is 3.06. The minimum Gasteiger partial charge on any atom is -0.478 e. The summed E-state index contributed by atoms with van der Waals surface area (Å²) < 4.78 is 4.78. The van der Waals surface area contributed by atoms with Crippen molar-refractivity contribution in [3.8, 4) is 0 Å². The predicted molar refractivity (Wildman–Crippen MR) is 52.0 cm³/mol. The lowest BCUT2D eigenvalue weighted by atomic mass is 10.1. The van der Waals surface area contributed by atoms with Gasteiger partial charge in [-0.1, -0.05) is 0 Å². The van der Waals surface area contributed by atoms with E-state index in [1.165, 1.54) is 25.1 Å². The van der Waals surface area contributed by atoms with Crippen LogP contribution in [0.4, 0.5) is 0 Å². The average Bonchev–Trinajstić information content (AvgIpc) is 2.16. The van der Waals surface area contributed by atoms with Gasteiger partial charge in [-0.05, 0) is 18.2 Å². The van der Waals surface area contributed by atoms with E-state index in [1.54, 1.807) is 0 Å². The quantitative estimate of drug-likeness (QED) is 0.756. The fraction of sp³-hybridized carbons (Fsp3) is 0.100. The van der Waals surface area contributed by atoms with Crippen molar-refractivity contribution in [1.29, 1.82) is 0 Å². The number of hydrogen-bond donors (Lipinski definition) is 1. The first-order valence-corrected chi connectivity index (χ1v) is 4.23. The van der Waals surface area contributed by atoms with E-state index in [1.807, 2.05) is 0 Å². The van der Waals surface area contributed by atoms with Crippen LogP contribution in [0.5, 0.6) is 0 Å². The van der Waals surface area contributed by atoms with Gasteiger partial charge >= 0.3 is 11.6 Å². The van der Waals surface area contributed by atoms with Gasteiger partial charge in [0.2, 0.25) is 0 Å². The van der Waals surface area contributed by atoms with Crippen molar-refractivity contribution < 1.29 is 14.3 Å². The molecule has 0 aliphatic rings. The van der Waals surface area contributed by atoms with Crippen molar-refractivity contribution in [3.05, 3.63) is 40.1 Å². The molecule has 0 unspecified atom stereocenters. The summed E-state index contributed by atoms with van der Waals surface area (Å²) in [6.07, 6.45) is 0. The summed E-state index contributed by atoms with van der Waals surface area (Å²) in [6, 6.07) is 4.09. The molecule has 1 N–H and O–H groups in total. The third-order valence-corrected chi connectivity index (χ3v) is 1.98. The lowest BCUT2D eigenvalue weighted by Crippen LogP contribution is -2.04. The molecule has 0 radical (unpaired) electrons. The Kier molecular flexibility index (Phi) is 2.00. The van der Waals surface area contributed by atoms with Gasteiger partial charge in [-0.3, -0.25) is 0 Å². The van der Waals surface area contributed by atoms with E-state index < -0.39 is 11.6 Å². The van der Waals surface area contributed by atoms with Gasteiger partial charge in [-0.2, -0.15) is 0 Å². The largest absolute Gasteiger partial charge is 0.478 e. The number of aryl methyl sites for hydroxylation is 1. The molecule has 2 rings (SSSR count). The van der Waals surface area contributed by atoms with Gasteiger partial charge in [-0.25, -0.2) is 14.6 Å². The monoisotopic (exact) mass is 205 g/mol. The summed E-state index contributed by atoms with van der Waals surface area (Å²) in [6.45, 7) is 1.54. The molecule has 0 fully saturated rings. The number of rotatable bonds is 1. The number of aromatic nitrogens is 1. The second kappa shape index (κ2) is 3.20. The smallest absolute Gasteiger partial charge is 0.346 e. The number of benzene rings is 1. The van der Waals surface area contributed by atoms with Crippen molar-refractivity contribution in [2.45, 2.75) is 6.92 Å². The first kappa shape index (κ1) is 9.39. The van der Waals surface area contributed by atoms with Crippen LogP contribution in [0, 0.1) is 6.92 Å². The number of carboxylic acid groups (broad SMARTS) is 1. The number of carboxylic acids is 1. The Morgan fingerprint density at radius 1 is 1.47 bits per heavy atom. The predicted octanol–water partition coefficient (Wildman–Crippen LogP) is 1.19. The maximum absolute atomic E-state index is 11.3. The lowest BCUT2D eigenvalue weighted by molar-refractivity contribution is 0.0697. The van der Waals surface area contributed by atoms with E-state index in [2.05, 4.69) is 4.98 Å². The highest BCUT2D eigenvalue weighted by atomic mass is 16.4. The van der Waals surface area contributed by atoms with E-state index in [9.17, 15) is 9.59 Å². The van der Waals surface area contributed by atoms with Gasteiger partial charge < -0.3 is 9.52 Å². The van der Waals surface area contributed by atoms with Gasteiger partial charge in [0.25, 0.3) is 0 Å². The standard InChI is InChI=1S/C10H7NO4/c1-5-11-8-4-6(9(12)13)2-3-7(8)10(14)15-5/h2-4H,1H3,(H,12,13). The fourth-order valence-electron chi connectivity index (χ4n) is 1.31. The maximum Gasteiger partial charge on any atom is 0.346 e. The minimum absolute atomic E-state index is 0.0972. The minimum atomic E-state index is -1.05. The van der Waals surface area contributed by atoms with Crippen LogP contribution < -0.4 is 5.63 Å². The van der Waals surface area contributed by atoms with Crippen LogP contribution in [0.15, 0.2) is 27.4 Å². The molecule has 0 saturated carbocycles. The number of aromatic carboxylic acids is 1. The molecular weight excluding hydrogens is 198 g/mol. The molecule has 15 heavy (non-hydrogen) atoms. The highest BCUT2D eigenvalue weighted by molar-refractivity contribution is 5.92. The molecule has 5 heteroatoms. The SMILES string of the molecule is Cc1nc2cc(C(=O)O)ccc2c(=O)o1. The Labute approximate surface area is 84.0 Å². The van der Waals surface area contributed by atoms with Gasteiger partial charge in [0, 0.05) is 6.92 Å². The van der Waals surface area contributed by atoms with Crippen LogP contribution in [0.25, 0.3) is 10.9 Å². The van der Waals surface area contributed by atoms with Crippen molar-refractivity contribution in [2.75, 3.05) is 0 Å². The lowest BCUT2D eigenvalue weighted by Gasteiger charge is -1.98. The first-order valence-electron chi connectivity index (χ1n) is 4.23. The van der Waals surface area contributed by atoms with E-state index in [0.29, 0.717) is 5.52 Å². The molecule has 0 spiro atoms. The zero-order chi connectivity index (χ0) is 11.0. The maximum atomic E-state index is 11.3. The Bertz CT molecular complexity index is 600. The summed E-state index contributed by atoms with van der Waals surface area (Å²) in [5.41, 5.74) is -0.0712. The molecule has 0 aliphatic carbocycles. The number of nitrogens with zero attached hydrogens (tertiary/aromatic N) is 1. The van der Waals surface area contributed by atoms with E-state index >= 15 is 0 Å². The normalized spacial score (nSPS) is 10.5. The van der Waals surface area contributed by atoms with E-state index in [4.69, 9.17) is 9.52 Å². The molecule has 0 atom stereocenters. The topological polar surface area (TPSA) is 80.4 Å². The second-order valence-electron chi connectivity index (χ2n) is 3.06. The third-order valence-electron chi connectivity index (χ3n) is 1.98. The molecule has 0 bridgehead atoms. The summed E-state index contributed by atoms with van der Waals surface area (Å²) in [4.78, 5) is 26.0. The van der Waals surface area contributed by atoms with Gasteiger partial charge in [0.05, 0.1) is 16.5 Å². The zero-order valence-corrected chi connectivity index (χ0v) is 7.85. The van der Waals surface area contributed by atoms with E-state index in [-0.39, 0.29) is 16.8 Å². The van der Waals surface area contributed by atoms with Crippen LogP contribution in [0.3, 0.4) is 0 Å². The van der Waals surface area contributed by atoms with Crippen LogP contribution in [-0.2, 0) is 0 Å². The Hall–Kier alpha value is -2.17. The molecule has 0 aliphatic heterocycles. The number of hydrogen-bond acceptors (Lipinski definition) is 4. The molecule has 1 heterocycles. The molecular formula is C10H7NO4. The molecule has 1 aromatic carbocycles. The van der Waals surface area contributed by atoms with Crippen molar-refractivity contribution in [1.82, 2.24) is 4.98 Å². The summed E-state index contributed by atoms with van der Waals surface area (Å²) in [7, 11) is 0. The van der Waals surface area contributed by atoms with Gasteiger partial charge in [0.1, 0.15) is 0 Å². The van der Waals surface area contributed by atoms with Crippen LogP contribution >= 0.6 is 0 Å². The summed E-state index contributed by atoms with van der Waals surface area (Å²) in [5, 5.41) is 9.04. The molecule has 0 amide bonds. The molecule has 2 aromatic rings. The Morgan fingerprint density at radius 2 is 2.20 bits per heavy atom. The summed E-state index contributed by atoms with van der Waals surface area (Å²) >= 11 is 0. The highest BCUT2D eigenvalue weighted by Crippen LogP contribution is 2.11. The highest BCUT2D eigenvalue weighted by Gasteiger charge is 2.07. The summed E-state index contributed by atoms with van der Waals surface area (Å²) in [5.74, 6) is -0.834.